The van der Waals surface area contributed by atoms with Crippen molar-refractivity contribution >= 4 is 12.0 Å². The van der Waals surface area contributed by atoms with E-state index in [0.29, 0.717) is 18.4 Å². The van der Waals surface area contributed by atoms with Crippen molar-refractivity contribution in [1.29, 1.82) is 0 Å². The molecule has 0 bridgehead atoms. The van der Waals surface area contributed by atoms with Gasteiger partial charge >= 0.3 is 12.0 Å². The summed E-state index contributed by atoms with van der Waals surface area (Å²) < 4.78 is 0. The molecule has 1 aliphatic carbocycles. The molecule has 0 radical (unpaired) electrons. The fraction of sp³-hybridized carbons (Fsp3) is 0.857. The Morgan fingerprint density at radius 2 is 2.00 bits per heavy atom. The zero-order chi connectivity index (χ0) is 14.0. The molecule has 0 aromatic heterocycles. The second kappa shape index (κ2) is 5.80. The fourth-order valence-electron chi connectivity index (χ4n) is 3.59. The van der Waals surface area contributed by atoms with Gasteiger partial charge in [-0.3, -0.25) is 0 Å². The quantitative estimate of drug-likeness (QED) is 0.853. The number of carbonyl (C=O) groups is 2. The average molecular weight is 268 g/mol. The molecule has 1 saturated carbocycles. The van der Waals surface area contributed by atoms with E-state index in [2.05, 4.69) is 0 Å². The van der Waals surface area contributed by atoms with Crippen LogP contribution >= 0.6 is 0 Å². The normalized spacial score (nSPS) is 27.8. The number of hydrogen-bond donors (Lipinski definition) is 1. The van der Waals surface area contributed by atoms with E-state index in [1.807, 2.05) is 4.90 Å². The van der Waals surface area contributed by atoms with Gasteiger partial charge in [-0.2, -0.15) is 0 Å². The Labute approximate surface area is 114 Å². The van der Waals surface area contributed by atoms with Crippen LogP contribution in [0.3, 0.4) is 0 Å². The summed E-state index contributed by atoms with van der Waals surface area (Å²) in [5.74, 6) is -0.284. The topological polar surface area (TPSA) is 60.9 Å². The molecule has 1 saturated heterocycles. The molecule has 0 aromatic rings. The number of likely N-dealkylation sites (N-methyl/N-ethyl adjacent to an activating group) is 1. The van der Waals surface area contributed by atoms with Crippen LogP contribution in [-0.4, -0.2) is 52.6 Å². The van der Waals surface area contributed by atoms with Gasteiger partial charge in [-0.25, -0.2) is 9.59 Å². The summed E-state index contributed by atoms with van der Waals surface area (Å²) >= 11 is 0. The Morgan fingerprint density at radius 3 is 2.63 bits per heavy atom. The lowest BCUT2D eigenvalue weighted by molar-refractivity contribution is -0.142. The number of carboxylic acids is 1. The molecule has 5 nitrogen and oxygen atoms in total. The summed E-state index contributed by atoms with van der Waals surface area (Å²) in [6.45, 7) is 2.59. The third kappa shape index (κ3) is 2.69. The molecule has 5 heteroatoms. The Kier molecular flexibility index (Phi) is 4.32. The van der Waals surface area contributed by atoms with Crippen LogP contribution in [0.5, 0.6) is 0 Å². The van der Waals surface area contributed by atoms with Crippen molar-refractivity contribution in [2.75, 3.05) is 13.6 Å². The number of urea groups is 1. The van der Waals surface area contributed by atoms with E-state index in [1.54, 1.807) is 14.0 Å². The highest BCUT2D eigenvalue weighted by Crippen LogP contribution is 2.36. The lowest BCUT2D eigenvalue weighted by Crippen LogP contribution is -2.51. The number of rotatable bonds is 3. The predicted octanol–water partition coefficient (Wildman–Crippen LogP) is 2.17. The third-order valence-corrected chi connectivity index (χ3v) is 4.70. The molecule has 2 fully saturated rings. The summed E-state index contributed by atoms with van der Waals surface area (Å²) in [4.78, 5) is 27.0. The molecule has 2 amide bonds. The van der Waals surface area contributed by atoms with E-state index in [9.17, 15) is 9.59 Å². The van der Waals surface area contributed by atoms with Crippen molar-refractivity contribution in [3.8, 4) is 0 Å². The summed E-state index contributed by atoms with van der Waals surface area (Å²) in [7, 11) is 1.61. The Bertz CT molecular complexity index is 359. The molecular formula is C14H24N2O3. The summed E-state index contributed by atoms with van der Waals surface area (Å²) in [5.41, 5.74) is 0. The van der Waals surface area contributed by atoms with Gasteiger partial charge in [-0.05, 0) is 31.6 Å². The number of likely N-dealkylation sites (tertiary alicyclic amines) is 1. The van der Waals surface area contributed by atoms with Crippen LogP contribution in [0.1, 0.15) is 45.4 Å². The average Bonchev–Trinajstić information content (AvgIpc) is 2.82. The van der Waals surface area contributed by atoms with Gasteiger partial charge < -0.3 is 14.9 Å². The molecule has 1 N–H and O–H groups in total. The minimum atomic E-state index is -0.919. The molecule has 2 aliphatic rings. The lowest BCUT2D eigenvalue weighted by atomic mass is 9.85. The predicted molar refractivity (Wildman–Crippen MR) is 71.9 cm³/mol. The number of amides is 2. The number of fused-ring (bicyclic) bond motifs is 1. The van der Waals surface area contributed by atoms with Gasteiger partial charge in [-0.15, -0.1) is 0 Å². The third-order valence-electron chi connectivity index (χ3n) is 4.70. The van der Waals surface area contributed by atoms with Crippen LogP contribution in [-0.2, 0) is 4.79 Å². The molecular weight excluding hydrogens is 244 g/mol. The number of carboxylic acid groups (broad SMARTS) is 1. The van der Waals surface area contributed by atoms with Gasteiger partial charge in [0.05, 0.1) is 0 Å². The van der Waals surface area contributed by atoms with Gasteiger partial charge in [-0.1, -0.05) is 19.8 Å². The highest BCUT2D eigenvalue weighted by atomic mass is 16.4. The van der Waals surface area contributed by atoms with E-state index >= 15 is 0 Å². The summed E-state index contributed by atoms with van der Waals surface area (Å²) in [6.07, 6.45) is 6.27. The van der Waals surface area contributed by atoms with Crippen LogP contribution in [0.4, 0.5) is 4.79 Å². The molecule has 1 heterocycles. The van der Waals surface area contributed by atoms with Crippen LogP contribution in [0, 0.1) is 5.92 Å². The van der Waals surface area contributed by atoms with E-state index in [-0.39, 0.29) is 6.03 Å². The number of hydrogen-bond acceptors (Lipinski definition) is 2. The second-order valence-corrected chi connectivity index (χ2v) is 5.75. The first-order chi connectivity index (χ1) is 9.06. The first-order valence-electron chi connectivity index (χ1n) is 7.32. The van der Waals surface area contributed by atoms with Gasteiger partial charge in [0.1, 0.15) is 6.04 Å². The lowest BCUT2D eigenvalue weighted by Gasteiger charge is -2.35. The molecule has 19 heavy (non-hydrogen) atoms. The van der Waals surface area contributed by atoms with Gasteiger partial charge in [0, 0.05) is 19.6 Å². The fourth-order valence-corrected chi connectivity index (χ4v) is 3.59. The standard InChI is InChI=1S/C14H24N2O3/c1-3-11(13(17)18)15(2)14(19)16-9-8-10-6-4-5-7-12(10)16/h10-12H,3-9H2,1-2H3,(H,17,18). The van der Waals surface area contributed by atoms with Gasteiger partial charge in [0.25, 0.3) is 0 Å². The van der Waals surface area contributed by atoms with Crippen molar-refractivity contribution < 1.29 is 14.7 Å². The van der Waals surface area contributed by atoms with Crippen molar-refractivity contribution in [1.82, 2.24) is 9.80 Å². The monoisotopic (exact) mass is 268 g/mol. The first kappa shape index (κ1) is 14.2. The maximum absolute atomic E-state index is 12.5. The largest absolute Gasteiger partial charge is 0.480 e. The van der Waals surface area contributed by atoms with E-state index < -0.39 is 12.0 Å². The molecule has 108 valence electrons. The zero-order valence-electron chi connectivity index (χ0n) is 11.8. The van der Waals surface area contributed by atoms with Crippen molar-refractivity contribution in [3.63, 3.8) is 0 Å². The minimum absolute atomic E-state index is 0.108. The van der Waals surface area contributed by atoms with Crippen LogP contribution in [0.25, 0.3) is 0 Å². The number of aliphatic carboxylic acids is 1. The summed E-state index contributed by atoms with van der Waals surface area (Å²) in [6, 6.07) is -0.478. The highest BCUT2D eigenvalue weighted by molar-refractivity contribution is 5.82. The summed E-state index contributed by atoms with van der Waals surface area (Å²) in [5, 5.41) is 9.16. The maximum atomic E-state index is 12.5. The van der Waals surface area contributed by atoms with Crippen LogP contribution in [0.2, 0.25) is 0 Å². The molecule has 0 spiro atoms. The number of nitrogens with zero attached hydrogens (tertiary/aromatic N) is 2. The molecule has 2 rings (SSSR count). The molecule has 0 aromatic carbocycles. The second-order valence-electron chi connectivity index (χ2n) is 5.75. The molecule has 3 atom stereocenters. The van der Waals surface area contributed by atoms with Crippen LogP contribution in [0.15, 0.2) is 0 Å². The van der Waals surface area contributed by atoms with Crippen molar-refractivity contribution in [2.24, 2.45) is 5.92 Å². The van der Waals surface area contributed by atoms with Gasteiger partial charge in [0.15, 0.2) is 0 Å². The Morgan fingerprint density at radius 1 is 1.32 bits per heavy atom. The van der Waals surface area contributed by atoms with Gasteiger partial charge in [0.2, 0.25) is 0 Å². The number of carbonyl (C=O) groups excluding carboxylic acids is 1. The van der Waals surface area contributed by atoms with E-state index in [0.717, 1.165) is 19.4 Å². The van der Waals surface area contributed by atoms with Crippen molar-refractivity contribution in [2.45, 2.75) is 57.5 Å². The first-order valence-corrected chi connectivity index (χ1v) is 7.32. The Hall–Kier alpha value is -1.26. The minimum Gasteiger partial charge on any atom is -0.480 e. The highest BCUT2D eigenvalue weighted by Gasteiger charge is 2.40. The van der Waals surface area contributed by atoms with Crippen LogP contribution < -0.4 is 0 Å². The zero-order valence-corrected chi connectivity index (χ0v) is 11.8. The molecule has 3 unspecified atom stereocenters. The maximum Gasteiger partial charge on any atom is 0.326 e. The van der Waals surface area contributed by atoms with Crippen molar-refractivity contribution in [3.05, 3.63) is 0 Å². The smallest absolute Gasteiger partial charge is 0.326 e. The van der Waals surface area contributed by atoms with E-state index in [1.165, 1.54) is 24.2 Å². The van der Waals surface area contributed by atoms with E-state index in [4.69, 9.17) is 5.11 Å². The SMILES string of the molecule is CCC(C(=O)O)N(C)C(=O)N1CCC2CCCCC21. The molecule has 1 aliphatic heterocycles. The Balaban J connectivity index is 2.04.